The summed E-state index contributed by atoms with van der Waals surface area (Å²) in [6, 6.07) is 6.07. The highest BCUT2D eigenvalue weighted by molar-refractivity contribution is 7.90. The number of nitrogens with zero attached hydrogens (tertiary/aromatic N) is 4. The predicted octanol–water partition coefficient (Wildman–Crippen LogP) is 1.27. The van der Waals surface area contributed by atoms with E-state index in [4.69, 9.17) is 10.5 Å². The van der Waals surface area contributed by atoms with E-state index in [9.17, 15) is 13.2 Å². The van der Waals surface area contributed by atoms with Crippen LogP contribution in [0.1, 0.15) is 36.0 Å². The number of hydrogen-bond donors (Lipinski definition) is 3. The topological polar surface area (TPSA) is 143 Å². The van der Waals surface area contributed by atoms with E-state index in [1.54, 1.807) is 4.31 Å². The molecule has 1 amide bonds. The Hall–Kier alpha value is -3.12. The molecule has 34 heavy (non-hydrogen) atoms. The van der Waals surface area contributed by atoms with Gasteiger partial charge >= 0.3 is 0 Å². The Morgan fingerprint density at radius 2 is 2.00 bits per heavy atom. The zero-order valence-corrected chi connectivity index (χ0v) is 19.4. The van der Waals surface area contributed by atoms with E-state index >= 15 is 0 Å². The average Bonchev–Trinajstić information content (AvgIpc) is 3.73. The van der Waals surface area contributed by atoms with Gasteiger partial charge in [0.25, 0.3) is 5.91 Å². The maximum absolute atomic E-state index is 12.6. The third-order valence-electron chi connectivity index (χ3n) is 6.68. The molecule has 4 aliphatic rings. The van der Waals surface area contributed by atoms with Gasteiger partial charge in [0, 0.05) is 43.6 Å². The molecule has 3 heterocycles. The third kappa shape index (κ3) is 4.00. The summed E-state index contributed by atoms with van der Waals surface area (Å²) in [5, 5.41) is 6.21. The Balaban J connectivity index is 1.18. The molecule has 6 rings (SSSR count). The van der Waals surface area contributed by atoms with Crippen LogP contribution in [0.3, 0.4) is 0 Å². The number of amides is 1. The third-order valence-corrected chi connectivity index (χ3v) is 9.05. The molecule has 0 unspecified atom stereocenters. The Morgan fingerprint density at radius 3 is 2.74 bits per heavy atom. The number of anilines is 4. The molecule has 1 atom stereocenters. The highest BCUT2D eigenvalue weighted by Crippen LogP contribution is 2.39. The van der Waals surface area contributed by atoms with Crippen molar-refractivity contribution in [2.75, 3.05) is 41.8 Å². The van der Waals surface area contributed by atoms with Crippen molar-refractivity contribution in [2.24, 2.45) is 5.73 Å². The first-order valence-corrected chi connectivity index (χ1v) is 13.1. The van der Waals surface area contributed by atoms with Gasteiger partial charge in [0.1, 0.15) is 18.2 Å². The highest BCUT2D eigenvalue weighted by Gasteiger charge is 2.44. The molecule has 0 bridgehead atoms. The normalized spacial score (nSPS) is 22.4. The number of benzene rings is 1. The summed E-state index contributed by atoms with van der Waals surface area (Å²) >= 11 is 0. The van der Waals surface area contributed by atoms with Crippen molar-refractivity contribution in [3.8, 4) is 5.75 Å². The van der Waals surface area contributed by atoms with Crippen LogP contribution in [0.5, 0.6) is 5.75 Å². The molecule has 12 heteroatoms. The number of sulfonamides is 1. The van der Waals surface area contributed by atoms with Crippen LogP contribution in [0, 0.1) is 0 Å². The highest BCUT2D eigenvalue weighted by atomic mass is 32.2. The van der Waals surface area contributed by atoms with E-state index in [1.807, 2.05) is 18.2 Å². The minimum Gasteiger partial charge on any atom is -0.489 e. The van der Waals surface area contributed by atoms with Gasteiger partial charge in [-0.15, -0.1) is 0 Å². The van der Waals surface area contributed by atoms with Crippen LogP contribution in [-0.4, -0.2) is 72.2 Å². The summed E-state index contributed by atoms with van der Waals surface area (Å²) in [5.41, 5.74) is 7.42. The SMILES string of the molecule is NC(=O)c1cnc(Nc2ccc3c(c2)OC[C@H]2CN(S(=O)(=O)C4CC4)CCN32)nc1NC1CC1. The Kier molecular flexibility index (Phi) is 5.03. The second-order valence-electron chi connectivity index (χ2n) is 9.31. The van der Waals surface area contributed by atoms with Crippen LogP contribution in [0.4, 0.5) is 23.1 Å². The Morgan fingerprint density at radius 1 is 1.18 bits per heavy atom. The molecule has 2 aliphatic heterocycles. The summed E-state index contributed by atoms with van der Waals surface area (Å²) < 4.78 is 33.0. The standard InChI is InChI=1S/C22H27N7O4S/c23-20(30)17-10-24-22(27-21(17)25-13-1-2-13)26-14-3-6-18-19(9-14)33-12-15-11-28(7-8-29(15)18)34(31,32)16-4-5-16/h3,6,9-10,13,15-16H,1-2,4-5,7-8,11-12H2,(H2,23,30)(H2,24,25,26,27)/t15-/m1/s1. The Labute approximate surface area is 197 Å². The van der Waals surface area contributed by atoms with Gasteiger partial charge in [0.15, 0.2) is 0 Å². The molecule has 0 radical (unpaired) electrons. The lowest BCUT2D eigenvalue weighted by atomic mass is 10.1. The molecule has 2 saturated carbocycles. The van der Waals surface area contributed by atoms with Crippen LogP contribution < -0.4 is 26.0 Å². The second-order valence-corrected chi connectivity index (χ2v) is 11.5. The van der Waals surface area contributed by atoms with Gasteiger partial charge in [-0.1, -0.05) is 0 Å². The average molecular weight is 486 g/mol. The van der Waals surface area contributed by atoms with Crippen molar-refractivity contribution < 1.29 is 17.9 Å². The van der Waals surface area contributed by atoms with Gasteiger partial charge in [0.2, 0.25) is 16.0 Å². The van der Waals surface area contributed by atoms with E-state index in [1.165, 1.54) is 6.20 Å². The van der Waals surface area contributed by atoms with Gasteiger partial charge in [-0.05, 0) is 37.8 Å². The molecule has 180 valence electrons. The Bertz CT molecular complexity index is 1250. The van der Waals surface area contributed by atoms with E-state index in [0.717, 1.165) is 42.8 Å². The monoisotopic (exact) mass is 485 g/mol. The summed E-state index contributed by atoms with van der Waals surface area (Å²) in [6.07, 6.45) is 5.05. The van der Waals surface area contributed by atoms with Crippen LogP contribution >= 0.6 is 0 Å². The summed E-state index contributed by atoms with van der Waals surface area (Å²) in [6.45, 7) is 2.00. The number of aromatic nitrogens is 2. The lowest BCUT2D eigenvalue weighted by Crippen LogP contribution is -2.58. The van der Waals surface area contributed by atoms with Gasteiger partial charge < -0.3 is 26.0 Å². The molecule has 4 N–H and O–H groups in total. The van der Waals surface area contributed by atoms with E-state index in [2.05, 4.69) is 25.5 Å². The first kappa shape index (κ1) is 21.4. The zero-order valence-electron chi connectivity index (χ0n) is 18.6. The first-order chi connectivity index (χ1) is 16.4. The maximum atomic E-state index is 12.6. The number of nitrogens with one attached hydrogen (secondary N) is 2. The second kappa shape index (κ2) is 7.98. The van der Waals surface area contributed by atoms with Crippen LogP contribution in [0.15, 0.2) is 24.4 Å². The fraction of sp³-hybridized carbons (Fsp3) is 0.500. The zero-order chi connectivity index (χ0) is 23.4. The number of fused-ring (bicyclic) bond motifs is 3. The molecular formula is C22H27N7O4S. The number of carbonyl (C=O) groups excluding carboxylic acids is 1. The molecule has 0 spiro atoms. The number of ether oxygens (including phenoxy) is 1. The molecular weight excluding hydrogens is 458 g/mol. The fourth-order valence-corrected chi connectivity index (χ4v) is 6.38. The molecule has 2 aliphatic carbocycles. The largest absolute Gasteiger partial charge is 0.489 e. The van der Waals surface area contributed by atoms with Crippen molar-refractivity contribution in [1.29, 1.82) is 0 Å². The van der Waals surface area contributed by atoms with Crippen molar-refractivity contribution >= 4 is 39.1 Å². The molecule has 1 aromatic carbocycles. The van der Waals surface area contributed by atoms with E-state index in [-0.39, 0.29) is 16.9 Å². The quantitative estimate of drug-likeness (QED) is 0.528. The molecule has 3 fully saturated rings. The molecule has 11 nitrogen and oxygen atoms in total. The van der Waals surface area contributed by atoms with Gasteiger partial charge in [-0.25, -0.2) is 13.4 Å². The maximum Gasteiger partial charge on any atom is 0.254 e. The lowest BCUT2D eigenvalue weighted by molar-refractivity contribution is 0.100. The number of nitrogens with two attached hydrogens (primary N) is 1. The van der Waals surface area contributed by atoms with Gasteiger partial charge in [-0.2, -0.15) is 9.29 Å². The smallest absolute Gasteiger partial charge is 0.254 e. The van der Waals surface area contributed by atoms with Crippen LogP contribution in [-0.2, 0) is 10.0 Å². The van der Waals surface area contributed by atoms with Gasteiger partial charge in [0.05, 0.1) is 22.5 Å². The van der Waals surface area contributed by atoms with Crippen molar-refractivity contribution in [2.45, 2.75) is 43.0 Å². The van der Waals surface area contributed by atoms with Gasteiger partial charge in [-0.3, -0.25) is 4.79 Å². The molecule has 1 aromatic heterocycles. The number of piperazine rings is 1. The summed E-state index contributed by atoms with van der Waals surface area (Å²) in [7, 11) is -3.18. The minimum absolute atomic E-state index is 0.00526. The molecule has 1 saturated heterocycles. The number of rotatable bonds is 7. The number of carbonyl (C=O) groups is 1. The summed E-state index contributed by atoms with van der Waals surface area (Å²) in [5.74, 6) is 0.936. The van der Waals surface area contributed by atoms with Crippen LogP contribution in [0.2, 0.25) is 0 Å². The van der Waals surface area contributed by atoms with E-state index < -0.39 is 15.9 Å². The minimum atomic E-state index is -3.18. The lowest BCUT2D eigenvalue weighted by Gasteiger charge is -2.45. The molecule has 2 aromatic rings. The van der Waals surface area contributed by atoms with Crippen molar-refractivity contribution in [3.63, 3.8) is 0 Å². The van der Waals surface area contributed by atoms with Crippen LogP contribution in [0.25, 0.3) is 0 Å². The first-order valence-electron chi connectivity index (χ1n) is 11.6. The van der Waals surface area contributed by atoms with Crippen molar-refractivity contribution in [3.05, 3.63) is 30.0 Å². The van der Waals surface area contributed by atoms with E-state index in [0.29, 0.717) is 44.0 Å². The fourth-order valence-electron chi connectivity index (χ4n) is 4.51. The van der Waals surface area contributed by atoms with Crippen molar-refractivity contribution in [1.82, 2.24) is 14.3 Å². The number of hydrogen-bond acceptors (Lipinski definition) is 9. The number of primary amides is 1. The summed E-state index contributed by atoms with van der Waals surface area (Å²) in [4.78, 5) is 22.6. The predicted molar refractivity (Wildman–Crippen MR) is 127 cm³/mol.